The molecule has 200 valence electrons. The number of piperidine rings is 1. The van der Waals surface area contributed by atoms with Crippen molar-refractivity contribution in [3.05, 3.63) is 70.3 Å². The lowest BCUT2D eigenvalue weighted by Gasteiger charge is -2.43. The van der Waals surface area contributed by atoms with Gasteiger partial charge >= 0.3 is 0 Å². The Morgan fingerprint density at radius 2 is 1.79 bits per heavy atom. The van der Waals surface area contributed by atoms with Crippen LogP contribution in [0.1, 0.15) is 36.0 Å². The molecule has 0 radical (unpaired) electrons. The average Bonchev–Trinajstić information content (AvgIpc) is 3.56. The predicted octanol–water partition coefficient (Wildman–Crippen LogP) is 2.17. The third-order valence-electron chi connectivity index (χ3n) is 7.67. The summed E-state index contributed by atoms with van der Waals surface area (Å²) >= 11 is 0. The fourth-order valence-corrected chi connectivity index (χ4v) is 5.57. The van der Waals surface area contributed by atoms with Gasteiger partial charge in [-0.15, -0.1) is 0 Å². The minimum absolute atomic E-state index is 0.0259. The molecule has 0 aliphatic carbocycles. The van der Waals surface area contributed by atoms with Gasteiger partial charge in [0.25, 0.3) is 17.5 Å². The van der Waals surface area contributed by atoms with E-state index in [1.165, 1.54) is 24.3 Å². The van der Waals surface area contributed by atoms with E-state index in [1.807, 2.05) is 30.3 Å². The zero-order valence-corrected chi connectivity index (χ0v) is 21.1. The number of non-ortho nitro benzene ring substituents is 1. The smallest absolute Gasteiger partial charge is 0.269 e. The Bertz CT molecular complexity index is 1190. The molecule has 3 heterocycles. The van der Waals surface area contributed by atoms with E-state index in [9.17, 15) is 24.5 Å². The lowest BCUT2D eigenvalue weighted by Crippen LogP contribution is -2.57. The first kappa shape index (κ1) is 25.7. The summed E-state index contributed by atoms with van der Waals surface area (Å²) in [4.78, 5) is 55.4. The third kappa shape index (κ3) is 5.06. The van der Waals surface area contributed by atoms with E-state index in [0.717, 1.165) is 18.5 Å². The van der Waals surface area contributed by atoms with E-state index in [2.05, 4.69) is 10.2 Å². The van der Waals surface area contributed by atoms with Crippen LogP contribution in [0, 0.1) is 10.1 Å². The normalized spacial score (nSPS) is 20.7. The van der Waals surface area contributed by atoms with E-state index < -0.39 is 10.5 Å². The number of para-hydroxylation sites is 1. The second-order valence-electron chi connectivity index (χ2n) is 9.97. The molecule has 1 unspecified atom stereocenters. The van der Waals surface area contributed by atoms with Gasteiger partial charge in [0.05, 0.1) is 17.7 Å². The highest BCUT2D eigenvalue weighted by atomic mass is 16.6. The van der Waals surface area contributed by atoms with Gasteiger partial charge in [-0.25, -0.2) is 0 Å². The highest BCUT2D eigenvalue weighted by molar-refractivity contribution is 5.97. The zero-order valence-electron chi connectivity index (χ0n) is 21.1. The Hall–Kier alpha value is -3.99. The van der Waals surface area contributed by atoms with Gasteiger partial charge in [0.15, 0.2) is 0 Å². The molecule has 11 heteroatoms. The van der Waals surface area contributed by atoms with Crippen LogP contribution in [-0.4, -0.2) is 83.5 Å². The van der Waals surface area contributed by atoms with Crippen LogP contribution in [-0.2, 0) is 14.3 Å². The number of hydrogen-bond donors (Lipinski definition) is 1. The number of ether oxygens (including phenoxy) is 1. The zero-order chi connectivity index (χ0) is 26.7. The van der Waals surface area contributed by atoms with Gasteiger partial charge in [0.2, 0.25) is 5.91 Å². The molecule has 0 bridgehead atoms. The second kappa shape index (κ2) is 10.8. The molecule has 38 heavy (non-hydrogen) atoms. The van der Waals surface area contributed by atoms with E-state index in [1.54, 1.807) is 9.80 Å². The minimum Gasteiger partial charge on any atom is -0.376 e. The molecule has 1 atom stereocenters. The van der Waals surface area contributed by atoms with Gasteiger partial charge < -0.3 is 24.8 Å². The summed E-state index contributed by atoms with van der Waals surface area (Å²) in [6, 6.07) is 15.2. The van der Waals surface area contributed by atoms with E-state index in [-0.39, 0.29) is 42.7 Å². The standard InChI is InChI=1S/C27H31N5O6/c33-24(28-17-23-7-4-16-38-23)18-30-19-31(21-5-2-1-3-6-21)27(26(30)35)12-14-29(15-13-27)25(34)20-8-10-22(11-9-20)32(36)37/h1-3,5-6,8-11,23H,4,7,12-19H2,(H,28,33). The molecule has 3 amide bonds. The van der Waals surface area contributed by atoms with Crippen LogP contribution in [0.2, 0.25) is 0 Å². The summed E-state index contributed by atoms with van der Waals surface area (Å²) < 4.78 is 5.57. The average molecular weight is 522 g/mol. The van der Waals surface area contributed by atoms with Crippen molar-refractivity contribution in [3.63, 3.8) is 0 Å². The first-order chi connectivity index (χ1) is 18.4. The second-order valence-corrected chi connectivity index (χ2v) is 9.97. The van der Waals surface area contributed by atoms with Crippen LogP contribution in [0.4, 0.5) is 11.4 Å². The van der Waals surface area contributed by atoms with Crippen LogP contribution < -0.4 is 10.2 Å². The van der Waals surface area contributed by atoms with Gasteiger partial charge in [0, 0.05) is 49.6 Å². The molecule has 11 nitrogen and oxygen atoms in total. The van der Waals surface area contributed by atoms with E-state index in [4.69, 9.17) is 4.74 Å². The number of rotatable bonds is 7. The number of nitro groups is 1. The largest absolute Gasteiger partial charge is 0.376 e. The van der Waals surface area contributed by atoms with Crippen molar-refractivity contribution in [1.29, 1.82) is 0 Å². The summed E-state index contributed by atoms with van der Waals surface area (Å²) in [7, 11) is 0. The van der Waals surface area contributed by atoms with Gasteiger partial charge in [-0.1, -0.05) is 18.2 Å². The van der Waals surface area contributed by atoms with Crippen LogP contribution in [0.15, 0.2) is 54.6 Å². The van der Waals surface area contributed by atoms with Crippen LogP contribution in [0.25, 0.3) is 0 Å². The summed E-state index contributed by atoms with van der Waals surface area (Å²) in [5.74, 6) is -0.558. The number of nitrogens with zero attached hydrogens (tertiary/aromatic N) is 4. The SMILES string of the molecule is O=C(CN1CN(c2ccccc2)C2(CCN(C(=O)c3ccc([N+](=O)[O-])cc3)CC2)C1=O)NCC1CCCO1. The molecule has 3 saturated heterocycles. The molecule has 2 aromatic rings. The fraction of sp³-hybridized carbons (Fsp3) is 0.444. The van der Waals surface area contributed by atoms with Crippen molar-refractivity contribution in [1.82, 2.24) is 15.1 Å². The molecule has 3 aliphatic heterocycles. The third-order valence-corrected chi connectivity index (χ3v) is 7.67. The molecule has 1 spiro atoms. The van der Waals surface area contributed by atoms with Crippen molar-refractivity contribution >= 4 is 29.1 Å². The van der Waals surface area contributed by atoms with Crippen LogP contribution in [0.5, 0.6) is 0 Å². The Morgan fingerprint density at radius 1 is 1.08 bits per heavy atom. The predicted molar refractivity (Wildman–Crippen MR) is 138 cm³/mol. The van der Waals surface area contributed by atoms with Crippen molar-refractivity contribution in [3.8, 4) is 0 Å². The topological polar surface area (TPSA) is 125 Å². The lowest BCUT2D eigenvalue weighted by molar-refractivity contribution is -0.384. The first-order valence-electron chi connectivity index (χ1n) is 12.9. The monoisotopic (exact) mass is 521 g/mol. The number of hydrogen-bond acceptors (Lipinski definition) is 7. The molecular weight excluding hydrogens is 490 g/mol. The number of anilines is 1. The van der Waals surface area contributed by atoms with Gasteiger partial charge in [-0.2, -0.15) is 0 Å². The molecule has 0 saturated carbocycles. The quantitative estimate of drug-likeness (QED) is 0.437. The number of nitro benzene ring substituents is 1. The Labute approximate surface area is 220 Å². The summed E-state index contributed by atoms with van der Waals surface area (Å²) in [6.45, 7) is 2.10. The van der Waals surface area contributed by atoms with Crippen molar-refractivity contribution < 1.29 is 24.0 Å². The highest BCUT2D eigenvalue weighted by Crippen LogP contribution is 2.39. The van der Waals surface area contributed by atoms with Gasteiger partial charge in [-0.05, 0) is 49.9 Å². The summed E-state index contributed by atoms with van der Waals surface area (Å²) in [6.07, 6.45) is 2.76. The Morgan fingerprint density at radius 3 is 2.42 bits per heavy atom. The van der Waals surface area contributed by atoms with Gasteiger partial charge in [0.1, 0.15) is 12.1 Å². The fourth-order valence-electron chi connectivity index (χ4n) is 5.57. The lowest BCUT2D eigenvalue weighted by atomic mass is 9.85. The highest BCUT2D eigenvalue weighted by Gasteiger charge is 2.54. The number of carbonyl (C=O) groups excluding carboxylic acids is 3. The molecule has 0 aromatic heterocycles. The molecule has 1 N–H and O–H groups in total. The molecular formula is C27H31N5O6. The minimum atomic E-state index is -0.859. The Kier molecular flexibility index (Phi) is 7.28. The molecule has 5 rings (SSSR count). The maximum absolute atomic E-state index is 13.8. The molecule has 2 aromatic carbocycles. The number of likely N-dealkylation sites (tertiary alicyclic amines) is 1. The number of benzene rings is 2. The number of carbonyl (C=O) groups is 3. The summed E-state index contributed by atoms with van der Waals surface area (Å²) in [5, 5.41) is 13.8. The molecule has 3 fully saturated rings. The summed E-state index contributed by atoms with van der Waals surface area (Å²) in [5.41, 5.74) is 0.323. The number of amides is 3. The Balaban J connectivity index is 1.28. The van der Waals surface area contributed by atoms with Crippen LogP contribution >= 0.6 is 0 Å². The maximum atomic E-state index is 13.8. The van der Waals surface area contributed by atoms with Gasteiger partial charge in [-0.3, -0.25) is 24.5 Å². The van der Waals surface area contributed by atoms with E-state index in [0.29, 0.717) is 44.6 Å². The van der Waals surface area contributed by atoms with Crippen molar-refractivity contribution in [2.24, 2.45) is 0 Å². The van der Waals surface area contributed by atoms with Crippen molar-refractivity contribution in [2.45, 2.75) is 37.3 Å². The first-order valence-corrected chi connectivity index (χ1v) is 12.9. The number of nitrogens with one attached hydrogen (secondary N) is 1. The maximum Gasteiger partial charge on any atom is 0.269 e. The van der Waals surface area contributed by atoms with Crippen molar-refractivity contribution in [2.75, 3.05) is 44.4 Å². The van der Waals surface area contributed by atoms with Crippen LogP contribution in [0.3, 0.4) is 0 Å². The molecule has 3 aliphatic rings. The van der Waals surface area contributed by atoms with E-state index >= 15 is 0 Å².